The smallest absolute Gasteiger partial charge is 0.00327 e. The van der Waals surface area contributed by atoms with Crippen LogP contribution in [0.25, 0.3) is 0 Å². The highest BCUT2D eigenvalue weighted by Crippen LogP contribution is 2.52. The van der Waals surface area contributed by atoms with Gasteiger partial charge in [0, 0.05) is 6.54 Å². The second kappa shape index (κ2) is 4.22. The zero-order valence-corrected chi connectivity index (χ0v) is 10.7. The maximum atomic E-state index is 2.55. The lowest BCUT2D eigenvalue weighted by Crippen LogP contribution is -2.35. The van der Waals surface area contributed by atoms with Gasteiger partial charge in [0.25, 0.3) is 0 Å². The van der Waals surface area contributed by atoms with E-state index in [1.54, 1.807) is 0 Å². The number of hydrogen-bond acceptors (Lipinski definition) is 1. The molecule has 1 aliphatic carbocycles. The molecular formula is C13H27N. The topological polar surface area (TPSA) is 3.24 Å². The Hall–Kier alpha value is -0.0400. The third kappa shape index (κ3) is 3.61. The van der Waals surface area contributed by atoms with Crippen molar-refractivity contribution >= 4 is 0 Å². The van der Waals surface area contributed by atoms with Gasteiger partial charge in [0.2, 0.25) is 0 Å². The summed E-state index contributed by atoms with van der Waals surface area (Å²) in [5.41, 5.74) is 1.19. The lowest BCUT2D eigenvalue weighted by Gasteiger charge is -2.33. The van der Waals surface area contributed by atoms with Crippen LogP contribution in [-0.4, -0.2) is 24.5 Å². The molecule has 1 fully saturated rings. The largest absolute Gasteiger partial charge is 0.303 e. The van der Waals surface area contributed by atoms with E-state index in [1.807, 2.05) is 0 Å². The second-order valence-corrected chi connectivity index (χ2v) is 6.11. The van der Waals surface area contributed by atoms with Gasteiger partial charge in [-0.25, -0.2) is 0 Å². The molecule has 0 spiro atoms. The normalized spacial score (nSPS) is 20.1. The molecule has 0 atom stereocenters. The molecule has 0 bridgehead atoms. The van der Waals surface area contributed by atoms with Gasteiger partial charge in [0.15, 0.2) is 0 Å². The summed E-state index contributed by atoms with van der Waals surface area (Å²) < 4.78 is 0. The van der Waals surface area contributed by atoms with E-state index in [0.717, 1.165) is 0 Å². The summed E-state index contributed by atoms with van der Waals surface area (Å²) in [6, 6.07) is 0. The van der Waals surface area contributed by atoms with Gasteiger partial charge >= 0.3 is 0 Å². The van der Waals surface area contributed by atoms with E-state index in [0.29, 0.717) is 10.8 Å². The molecule has 1 heteroatoms. The average Bonchev–Trinajstić information content (AvgIpc) is 2.78. The van der Waals surface area contributed by atoms with Gasteiger partial charge in [-0.2, -0.15) is 0 Å². The first kappa shape index (κ1) is 12.0. The van der Waals surface area contributed by atoms with E-state index < -0.39 is 0 Å². The number of hydrogen-bond donors (Lipinski definition) is 0. The molecule has 1 rings (SSSR count). The van der Waals surface area contributed by atoms with Crippen LogP contribution in [0.2, 0.25) is 0 Å². The fourth-order valence-electron chi connectivity index (χ4n) is 2.65. The van der Waals surface area contributed by atoms with Crippen molar-refractivity contribution in [1.82, 2.24) is 4.90 Å². The van der Waals surface area contributed by atoms with Crippen LogP contribution in [-0.2, 0) is 0 Å². The molecule has 1 nitrogen and oxygen atoms in total. The zero-order valence-electron chi connectivity index (χ0n) is 10.7. The van der Waals surface area contributed by atoms with Crippen LogP contribution in [0.3, 0.4) is 0 Å². The highest BCUT2D eigenvalue weighted by Gasteiger charge is 2.41. The summed E-state index contributed by atoms with van der Waals surface area (Å²) in [5, 5.41) is 0. The van der Waals surface area contributed by atoms with E-state index in [9.17, 15) is 0 Å². The number of rotatable bonds is 6. The SMILES string of the molecule is CCN(CC)CC(C)(C)CC1(C)CC1. The molecule has 84 valence electrons. The van der Waals surface area contributed by atoms with E-state index in [4.69, 9.17) is 0 Å². The Bertz CT molecular complexity index is 176. The average molecular weight is 197 g/mol. The first-order valence-electron chi connectivity index (χ1n) is 6.13. The van der Waals surface area contributed by atoms with Crippen molar-refractivity contribution in [2.45, 2.75) is 53.9 Å². The summed E-state index contributed by atoms with van der Waals surface area (Å²) >= 11 is 0. The van der Waals surface area contributed by atoms with Crippen molar-refractivity contribution in [3.8, 4) is 0 Å². The molecule has 0 aliphatic heterocycles. The second-order valence-electron chi connectivity index (χ2n) is 6.11. The lowest BCUT2D eigenvalue weighted by atomic mass is 9.81. The quantitative estimate of drug-likeness (QED) is 0.629. The Morgan fingerprint density at radius 1 is 1.14 bits per heavy atom. The van der Waals surface area contributed by atoms with Crippen molar-refractivity contribution in [2.75, 3.05) is 19.6 Å². The Morgan fingerprint density at radius 3 is 2.00 bits per heavy atom. The molecule has 0 amide bonds. The lowest BCUT2D eigenvalue weighted by molar-refractivity contribution is 0.158. The van der Waals surface area contributed by atoms with Crippen LogP contribution in [0.15, 0.2) is 0 Å². The number of nitrogens with zero attached hydrogens (tertiary/aromatic N) is 1. The molecule has 0 unspecified atom stereocenters. The van der Waals surface area contributed by atoms with Crippen molar-refractivity contribution in [1.29, 1.82) is 0 Å². The fourth-order valence-corrected chi connectivity index (χ4v) is 2.65. The molecular weight excluding hydrogens is 170 g/mol. The van der Waals surface area contributed by atoms with Crippen molar-refractivity contribution < 1.29 is 0 Å². The molecule has 0 saturated heterocycles. The fraction of sp³-hybridized carbons (Fsp3) is 1.00. The Morgan fingerprint density at radius 2 is 1.64 bits per heavy atom. The molecule has 1 saturated carbocycles. The highest BCUT2D eigenvalue weighted by molar-refractivity contribution is 4.93. The summed E-state index contributed by atoms with van der Waals surface area (Å²) in [5.74, 6) is 0. The summed E-state index contributed by atoms with van der Waals surface area (Å²) in [6.07, 6.45) is 4.31. The van der Waals surface area contributed by atoms with Gasteiger partial charge < -0.3 is 4.90 Å². The van der Waals surface area contributed by atoms with Crippen LogP contribution >= 0.6 is 0 Å². The minimum atomic E-state index is 0.497. The Balaban J connectivity index is 2.39. The first-order valence-corrected chi connectivity index (χ1v) is 6.13. The predicted molar refractivity (Wildman–Crippen MR) is 63.5 cm³/mol. The molecule has 0 aromatic rings. The molecule has 1 aliphatic rings. The maximum absolute atomic E-state index is 2.55. The molecule has 14 heavy (non-hydrogen) atoms. The van der Waals surface area contributed by atoms with Crippen molar-refractivity contribution in [3.63, 3.8) is 0 Å². The third-order valence-electron chi connectivity index (χ3n) is 3.55. The standard InChI is InChI=1S/C13H27N/c1-6-14(7-2)11-12(3,4)10-13(5)8-9-13/h6-11H2,1-5H3. The van der Waals surface area contributed by atoms with Gasteiger partial charge in [-0.15, -0.1) is 0 Å². The summed E-state index contributed by atoms with van der Waals surface area (Å²) in [6.45, 7) is 15.5. The first-order chi connectivity index (χ1) is 6.41. The molecule has 0 heterocycles. The maximum Gasteiger partial charge on any atom is 0.00327 e. The Labute approximate surface area is 89.9 Å². The monoisotopic (exact) mass is 197 g/mol. The van der Waals surface area contributed by atoms with Crippen LogP contribution < -0.4 is 0 Å². The van der Waals surface area contributed by atoms with Gasteiger partial charge in [-0.1, -0.05) is 34.6 Å². The Kier molecular flexibility index (Phi) is 3.63. The van der Waals surface area contributed by atoms with Crippen LogP contribution in [0.1, 0.15) is 53.9 Å². The van der Waals surface area contributed by atoms with Gasteiger partial charge in [0.05, 0.1) is 0 Å². The molecule has 0 radical (unpaired) electrons. The minimum absolute atomic E-state index is 0.497. The van der Waals surface area contributed by atoms with Crippen LogP contribution in [0.4, 0.5) is 0 Å². The van der Waals surface area contributed by atoms with E-state index >= 15 is 0 Å². The van der Waals surface area contributed by atoms with Gasteiger partial charge in [-0.3, -0.25) is 0 Å². The van der Waals surface area contributed by atoms with Crippen molar-refractivity contribution in [2.24, 2.45) is 10.8 Å². The molecule has 0 aromatic heterocycles. The molecule has 0 aromatic carbocycles. The zero-order chi connectivity index (χ0) is 10.8. The minimum Gasteiger partial charge on any atom is -0.303 e. The summed E-state index contributed by atoms with van der Waals surface area (Å²) in [4.78, 5) is 2.55. The van der Waals surface area contributed by atoms with Gasteiger partial charge in [-0.05, 0) is 43.2 Å². The van der Waals surface area contributed by atoms with Gasteiger partial charge in [0.1, 0.15) is 0 Å². The summed E-state index contributed by atoms with van der Waals surface area (Å²) in [7, 11) is 0. The highest BCUT2D eigenvalue weighted by atomic mass is 15.1. The van der Waals surface area contributed by atoms with Crippen LogP contribution in [0.5, 0.6) is 0 Å². The van der Waals surface area contributed by atoms with E-state index in [1.165, 1.54) is 38.9 Å². The van der Waals surface area contributed by atoms with E-state index in [-0.39, 0.29) is 0 Å². The molecule has 0 N–H and O–H groups in total. The predicted octanol–water partition coefficient (Wildman–Crippen LogP) is 3.54. The van der Waals surface area contributed by atoms with E-state index in [2.05, 4.69) is 39.5 Å². The van der Waals surface area contributed by atoms with Crippen molar-refractivity contribution in [3.05, 3.63) is 0 Å². The van der Waals surface area contributed by atoms with Crippen LogP contribution in [0, 0.1) is 10.8 Å². The third-order valence-corrected chi connectivity index (χ3v) is 3.55.